The Morgan fingerprint density at radius 2 is 1.80 bits per heavy atom. The van der Waals surface area contributed by atoms with E-state index in [0.29, 0.717) is 38.4 Å². The van der Waals surface area contributed by atoms with Crippen molar-refractivity contribution >= 4 is 17.8 Å². The molecule has 1 fully saturated rings. The SMILES string of the molecule is O=C(OCc1ccccc1)C1CCN(C(=O)Nc2ccccn2)CC1. The lowest BCUT2D eigenvalue weighted by Crippen LogP contribution is -2.42. The van der Waals surface area contributed by atoms with Crippen LogP contribution in [0.25, 0.3) is 0 Å². The third-order valence-electron chi connectivity index (χ3n) is 4.24. The zero-order valence-corrected chi connectivity index (χ0v) is 13.9. The van der Waals surface area contributed by atoms with Crippen LogP contribution in [0.4, 0.5) is 10.6 Å². The van der Waals surface area contributed by atoms with Crippen molar-refractivity contribution in [3.05, 3.63) is 60.3 Å². The fourth-order valence-electron chi connectivity index (χ4n) is 2.79. The van der Waals surface area contributed by atoms with Crippen LogP contribution in [0.15, 0.2) is 54.7 Å². The maximum Gasteiger partial charge on any atom is 0.323 e. The number of aromatic nitrogens is 1. The number of rotatable bonds is 4. The Kier molecular flexibility index (Phi) is 5.61. The smallest absolute Gasteiger partial charge is 0.323 e. The predicted molar refractivity (Wildman–Crippen MR) is 93.8 cm³/mol. The number of ether oxygens (including phenoxy) is 1. The van der Waals surface area contributed by atoms with Crippen molar-refractivity contribution in [2.24, 2.45) is 5.92 Å². The van der Waals surface area contributed by atoms with Crippen LogP contribution in [0.2, 0.25) is 0 Å². The van der Waals surface area contributed by atoms with Gasteiger partial charge in [-0.2, -0.15) is 0 Å². The number of hydrogen-bond donors (Lipinski definition) is 1. The molecule has 2 amide bonds. The summed E-state index contributed by atoms with van der Waals surface area (Å²) in [6.07, 6.45) is 2.86. The minimum absolute atomic E-state index is 0.150. The van der Waals surface area contributed by atoms with Gasteiger partial charge in [0.2, 0.25) is 0 Å². The highest BCUT2D eigenvalue weighted by Crippen LogP contribution is 2.20. The number of amides is 2. The van der Waals surface area contributed by atoms with Crippen LogP contribution in [0.1, 0.15) is 18.4 Å². The standard InChI is InChI=1S/C19H21N3O3/c23-18(25-14-15-6-2-1-3-7-15)16-9-12-22(13-10-16)19(24)21-17-8-4-5-11-20-17/h1-8,11,16H,9-10,12-14H2,(H,20,21,24). The second-order valence-electron chi connectivity index (χ2n) is 6.00. The Hall–Kier alpha value is -2.89. The largest absolute Gasteiger partial charge is 0.461 e. The summed E-state index contributed by atoms with van der Waals surface area (Å²) in [6.45, 7) is 1.35. The molecule has 2 heterocycles. The van der Waals surface area contributed by atoms with Crippen LogP contribution >= 0.6 is 0 Å². The van der Waals surface area contributed by atoms with Crippen molar-refractivity contribution < 1.29 is 14.3 Å². The van der Waals surface area contributed by atoms with E-state index in [-0.39, 0.29) is 17.9 Å². The third-order valence-corrected chi connectivity index (χ3v) is 4.24. The summed E-state index contributed by atoms with van der Waals surface area (Å²) in [4.78, 5) is 30.2. The first-order valence-corrected chi connectivity index (χ1v) is 8.40. The number of esters is 1. The molecule has 0 spiro atoms. The van der Waals surface area contributed by atoms with E-state index in [1.807, 2.05) is 36.4 Å². The van der Waals surface area contributed by atoms with E-state index in [1.165, 1.54) is 0 Å². The molecule has 0 unspecified atom stereocenters. The highest BCUT2D eigenvalue weighted by atomic mass is 16.5. The Labute approximate surface area is 146 Å². The first kappa shape index (κ1) is 17.0. The normalized spacial score (nSPS) is 14.8. The van der Waals surface area contributed by atoms with E-state index in [4.69, 9.17) is 4.74 Å². The number of likely N-dealkylation sites (tertiary alicyclic amines) is 1. The molecule has 0 bridgehead atoms. The number of hydrogen-bond acceptors (Lipinski definition) is 4. The van der Waals surface area contributed by atoms with Gasteiger partial charge >= 0.3 is 12.0 Å². The van der Waals surface area contributed by atoms with Crippen LogP contribution in [-0.4, -0.2) is 35.0 Å². The van der Waals surface area contributed by atoms with E-state index >= 15 is 0 Å². The van der Waals surface area contributed by atoms with Crippen LogP contribution < -0.4 is 5.32 Å². The minimum Gasteiger partial charge on any atom is -0.461 e. The molecule has 1 aliphatic heterocycles. The number of carbonyl (C=O) groups is 2. The second kappa shape index (κ2) is 8.28. The van der Waals surface area contributed by atoms with Gasteiger partial charge in [-0.1, -0.05) is 36.4 Å². The maximum absolute atomic E-state index is 12.2. The van der Waals surface area contributed by atoms with Crippen molar-refractivity contribution in [3.63, 3.8) is 0 Å². The summed E-state index contributed by atoms with van der Waals surface area (Å²) in [5.74, 6) is 0.188. The van der Waals surface area contributed by atoms with Crippen LogP contribution in [0.3, 0.4) is 0 Å². The maximum atomic E-state index is 12.2. The fourth-order valence-corrected chi connectivity index (χ4v) is 2.79. The summed E-state index contributed by atoms with van der Waals surface area (Å²) in [5.41, 5.74) is 0.975. The van der Waals surface area contributed by atoms with Gasteiger partial charge < -0.3 is 9.64 Å². The highest BCUT2D eigenvalue weighted by Gasteiger charge is 2.28. The van der Waals surface area contributed by atoms with E-state index in [9.17, 15) is 9.59 Å². The van der Waals surface area contributed by atoms with Gasteiger partial charge in [-0.25, -0.2) is 9.78 Å². The molecule has 1 saturated heterocycles. The molecule has 2 aromatic rings. The number of piperidine rings is 1. The molecule has 0 aliphatic carbocycles. The first-order valence-electron chi connectivity index (χ1n) is 8.40. The first-order chi connectivity index (χ1) is 12.2. The molecule has 1 aliphatic rings. The number of carbonyl (C=O) groups excluding carboxylic acids is 2. The lowest BCUT2D eigenvalue weighted by molar-refractivity contribution is -0.151. The average Bonchev–Trinajstić information content (AvgIpc) is 2.68. The van der Waals surface area contributed by atoms with Crippen LogP contribution in [0, 0.1) is 5.92 Å². The van der Waals surface area contributed by atoms with Gasteiger partial charge in [0.25, 0.3) is 0 Å². The average molecular weight is 339 g/mol. The number of benzene rings is 1. The van der Waals surface area contributed by atoms with Crippen molar-refractivity contribution in [2.45, 2.75) is 19.4 Å². The molecule has 6 nitrogen and oxygen atoms in total. The highest BCUT2D eigenvalue weighted by molar-refractivity contribution is 5.88. The molecule has 1 aromatic carbocycles. The van der Waals surface area contributed by atoms with E-state index in [2.05, 4.69) is 10.3 Å². The molecule has 1 aromatic heterocycles. The lowest BCUT2D eigenvalue weighted by atomic mass is 9.97. The van der Waals surface area contributed by atoms with Crippen molar-refractivity contribution in [2.75, 3.05) is 18.4 Å². The third kappa shape index (κ3) is 4.79. The summed E-state index contributed by atoms with van der Waals surface area (Å²) in [5, 5.41) is 2.76. The van der Waals surface area contributed by atoms with E-state index in [0.717, 1.165) is 5.56 Å². The van der Waals surface area contributed by atoms with Crippen molar-refractivity contribution in [1.82, 2.24) is 9.88 Å². The van der Waals surface area contributed by atoms with Gasteiger partial charge in [-0.15, -0.1) is 0 Å². The molecule has 6 heteroatoms. The number of anilines is 1. The van der Waals surface area contributed by atoms with Gasteiger partial charge in [-0.3, -0.25) is 10.1 Å². The second-order valence-corrected chi connectivity index (χ2v) is 6.00. The molecule has 0 saturated carbocycles. The summed E-state index contributed by atoms with van der Waals surface area (Å²) in [7, 11) is 0. The number of nitrogens with one attached hydrogen (secondary N) is 1. The van der Waals surface area contributed by atoms with Crippen LogP contribution in [0.5, 0.6) is 0 Å². The molecule has 0 atom stereocenters. The Balaban J connectivity index is 1.43. The van der Waals surface area contributed by atoms with Gasteiger partial charge in [0.05, 0.1) is 5.92 Å². The predicted octanol–water partition coefficient (Wildman–Crippen LogP) is 3.07. The summed E-state index contributed by atoms with van der Waals surface area (Å²) < 4.78 is 5.39. The molecule has 0 radical (unpaired) electrons. The zero-order chi connectivity index (χ0) is 17.5. The topological polar surface area (TPSA) is 71.5 Å². The van der Waals surface area contributed by atoms with Crippen molar-refractivity contribution in [3.8, 4) is 0 Å². The fraction of sp³-hybridized carbons (Fsp3) is 0.316. The summed E-state index contributed by atoms with van der Waals surface area (Å²) >= 11 is 0. The minimum atomic E-state index is -0.186. The van der Waals surface area contributed by atoms with Crippen LogP contribution in [-0.2, 0) is 16.1 Å². The Morgan fingerprint density at radius 3 is 2.48 bits per heavy atom. The molecule has 3 rings (SSSR count). The monoisotopic (exact) mass is 339 g/mol. The Bertz CT molecular complexity index is 698. The zero-order valence-electron chi connectivity index (χ0n) is 13.9. The number of pyridine rings is 1. The number of nitrogens with zero attached hydrogens (tertiary/aromatic N) is 2. The molecule has 130 valence electrons. The van der Waals surface area contributed by atoms with Gasteiger partial charge in [0.1, 0.15) is 12.4 Å². The number of urea groups is 1. The van der Waals surface area contributed by atoms with Gasteiger partial charge in [0.15, 0.2) is 0 Å². The molecule has 1 N–H and O–H groups in total. The quantitative estimate of drug-likeness (QED) is 0.869. The molecular weight excluding hydrogens is 318 g/mol. The molecule has 25 heavy (non-hydrogen) atoms. The van der Waals surface area contributed by atoms with Gasteiger partial charge in [0, 0.05) is 19.3 Å². The summed E-state index contributed by atoms with van der Waals surface area (Å²) in [6, 6.07) is 14.8. The van der Waals surface area contributed by atoms with E-state index in [1.54, 1.807) is 23.2 Å². The lowest BCUT2D eigenvalue weighted by Gasteiger charge is -2.30. The van der Waals surface area contributed by atoms with Gasteiger partial charge in [-0.05, 0) is 30.5 Å². The molecular formula is C19H21N3O3. The van der Waals surface area contributed by atoms with Crippen molar-refractivity contribution in [1.29, 1.82) is 0 Å². The van der Waals surface area contributed by atoms with E-state index < -0.39 is 0 Å². The Morgan fingerprint density at radius 1 is 1.08 bits per heavy atom.